The van der Waals surface area contributed by atoms with Gasteiger partial charge in [0.2, 0.25) is 0 Å². The van der Waals surface area contributed by atoms with Gasteiger partial charge in [-0.3, -0.25) is 0 Å². The average molecular weight is 411 g/mol. The number of hydrogen-bond donors (Lipinski definition) is 0. The molecule has 3 aromatic rings. The van der Waals surface area contributed by atoms with Crippen molar-refractivity contribution in [1.29, 1.82) is 0 Å². The quantitative estimate of drug-likeness (QED) is 0.353. The zero-order chi connectivity index (χ0) is 22.7. The summed E-state index contributed by atoms with van der Waals surface area (Å²) in [6.45, 7) is 18.6. The van der Waals surface area contributed by atoms with Crippen LogP contribution in [0.4, 0.5) is 0 Å². The van der Waals surface area contributed by atoms with Crippen LogP contribution in [0.2, 0.25) is 0 Å². The molecule has 0 spiro atoms. The Kier molecular flexibility index (Phi) is 19.6. The average Bonchev–Trinajstić information content (AvgIpc) is 2.77. The molecule has 29 heavy (non-hydrogen) atoms. The Morgan fingerprint density at radius 3 is 1.31 bits per heavy atom. The summed E-state index contributed by atoms with van der Waals surface area (Å²) < 4.78 is 0. The lowest BCUT2D eigenvalue weighted by Gasteiger charge is -1.98. The van der Waals surface area contributed by atoms with Gasteiger partial charge in [-0.05, 0) is 50.5 Å². The molecule has 3 rings (SSSR count). The Balaban J connectivity index is 0. The normalized spacial score (nSPS) is 8.48. The second-order valence-corrected chi connectivity index (χ2v) is 6.98. The zero-order valence-electron chi connectivity index (χ0n) is 20.2. The summed E-state index contributed by atoms with van der Waals surface area (Å²) in [5.41, 5.74) is 6.73. The van der Waals surface area contributed by atoms with Gasteiger partial charge < -0.3 is 0 Å². The number of benzene rings is 3. The van der Waals surface area contributed by atoms with E-state index < -0.39 is 0 Å². The predicted octanol–water partition coefficient (Wildman–Crippen LogP) is 8.41. The van der Waals surface area contributed by atoms with Crippen LogP contribution >= 0.6 is 9.24 Å². The van der Waals surface area contributed by atoms with Gasteiger partial charge in [0.1, 0.15) is 0 Å². The van der Waals surface area contributed by atoms with Crippen LogP contribution in [0, 0.1) is 27.7 Å². The Morgan fingerprint density at radius 2 is 1.00 bits per heavy atom. The minimum absolute atomic E-state index is 1.14. The van der Waals surface area contributed by atoms with Gasteiger partial charge in [0.25, 0.3) is 0 Å². The van der Waals surface area contributed by atoms with E-state index in [2.05, 4.69) is 111 Å². The monoisotopic (exact) mass is 410 g/mol. The largest absolute Gasteiger partial charge is 0.105 e. The molecule has 0 aliphatic carbocycles. The molecule has 1 atom stereocenters. The third-order valence-electron chi connectivity index (χ3n) is 3.90. The molecule has 0 aromatic heterocycles. The van der Waals surface area contributed by atoms with Crippen LogP contribution in [-0.2, 0) is 6.42 Å². The molecule has 0 amide bonds. The van der Waals surface area contributed by atoms with Crippen LogP contribution in [0.5, 0.6) is 0 Å². The molecule has 3 aromatic carbocycles. The Labute approximate surface area is 184 Å². The second kappa shape index (κ2) is 19.4. The van der Waals surface area contributed by atoms with Gasteiger partial charge >= 0.3 is 0 Å². The topological polar surface area (TPSA) is 0 Å². The molecule has 0 saturated carbocycles. The summed E-state index contributed by atoms with van der Waals surface area (Å²) in [5.74, 6) is 0. The summed E-state index contributed by atoms with van der Waals surface area (Å²) in [6.07, 6.45) is 1.14. The van der Waals surface area contributed by atoms with Crippen LogP contribution in [0.15, 0.2) is 72.8 Å². The highest BCUT2D eigenvalue weighted by Gasteiger charge is 1.89. The first-order valence-electron chi connectivity index (χ1n) is 10.8. The minimum atomic E-state index is 1.14. The fraction of sp³-hybridized carbons (Fsp3) is 0.357. The van der Waals surface area contributed by atoms with Gasteiger partial charge in [-0.1, -0.05) is 124 Å². The molecular formula is C28H43P. The van der Waals surface area contributed by atoms with Crippen molar-refractivity contribution in [2.45, 2.75) is 68.7 Å². The summed E-state index contributed by atoms with van der Waals surface area (Å²) in [5, 5.41) is 1.30. The molecule has 1 unspecified atom stereocenters. The van der Waals surface area contributed by atoms with E-state index in [9.17, 15) is 0 Å². The molecule has 0 bridgehead atoms. The maximum absolute atomic E-state index is 2.72. The van der Waals surface area contributed by atoms with Crippen molar-refractivity contribution in [2.24, 2.45) is 0 Å². The van der Waals surface area contributed by atoms with E-state index in [0.717, 1.165) is 6.42 Å². The highest BCUT2D eigenvalue weighted by molar-refractivity contribution is 7.27. The van der Waals surface area contributed by atoms with E-state index in [1.807, 2.05) is 33.8 Å². The lowest BCUT2D eigenvalue weighted by atomic mass is 10.2. The summed E-state index contributed by atoms with van der Waals surface area (Å²) in [6, 6.07) is 25.4. The first-order valence-corrected chi connectivity index (χ1v) is 11.4. The standard InChI is InChI=1S/C8H11P.2C8H10.2C2H6/c1-6-3-4-7(2)8(9)5-6;1-7-3-5-8(2)6-4-7;1-2-8-6-4-3-5-7-8;2*1-2/h3-5H,9H2,1-2H3;3-6H,1-2H3;3-7H,2H2,1H3;2*1-2H3. The summed E-state index contributed by atoms with van der Waals surface area (Å²) in [7, 11) is 2.72. The molecule has 0 aliphatic rings. The van der Waals surface area contributed by atoms with E-state index in [0.29, 0.717) is 0 Å². The van der Waals surface area contributed by atoms with Gasteiger partial charge in [-0.25, -0.2) is 0 Å². The maximum atomic E-state index is 2.72. The van der Waals surface area contributed by atoms with E-state index >= 15 is 0 Å². The SMILES string of the molecule is CC.CC.CCc1ccccc1.Cc1ccc(C)c(P)c1.Cc1ccc(C)cc1. The van der Waals surface area contributed by atoms with Gasteiger partial charge in [-0.2, -0.15) is 0 Å². The van der Waals surface area contributed by atoms with Crippen LogP contribution in [0.25, 0.3) is 0 Å². The molecule has 0 fully saturated rings. The molecule has 0 nitrogen and oxygen atoms in total. The van der Waals surface area contributed by atoms with E-state index in [-0.39, 0.29) is 0 Å². The first-order chi connectivity index (χ1) is 13.9. The van der Waals surface area contributed by atoms with Crippen LogP contribution < -0.4 is 5.30 Å². The van der Waals surface area contributed by atoms with Gasteiger partial charge in [0, 0.05) is 0 Å². The maximum Gasteiger partial charge on any atom is -0.0271 e. The van der Waals surface area contributed by atoms with Crippen molar-refractivity contribution in [1.82, 2.24) is 0 Å². The lowest BCUT2D eigenvalue weighted by Crippen LogP contribution is -1.95. The second-order valence-electron chi connectivity index (χ2n) is 6.35. The van der Waals surface area contributed by atoms with Crippen LogP contribution in [-0.4, -0.2) is 0 Å². The molecular weight excluding hydrogens is 367 g/mol. The van der Waals surface area contributed by atoms with Gasteiger partial charge in [-0.15, -0.1) is 9.24 Å². The third-order valence-corrected chi connectivity index (χ3v) is 4.53. The molecule has 0 N–H and O–H groups in total. The smallest absolute Gasteiger partial charge is 0.0271 e. The number of rotatable bonds is 1. The number of aryl methyl sites for hydroxylation is 5. The summed E-state index contributed by atoms with van der Waals surface area (Å²) in [4.78, 5) is 0. The predicted molar refractivity (Wildman–Crippen MR) is 140 cm³/mol. The van der Waals surface area contributed by atoms with E-state index in [4.69, 9.17) is 0 Å². The fourth-order valence-electron chi connectivity index (χ4n) is 2.11. The Morgan fingerprint density at radius 1 is 0.586 bits per heavy atom. The minimum Gasteiger partial charge on any atom is -0.105 e. The molecule has 0 heterocycles. The molecule has 0 aliphatic heterocycles. The fourth-order valence-corrected chi connectivity index (χ4v) is 2.47. The van der Waals surface area contributed by atoms with Crippen molar-refractivity contribution in [2.75, 3.05) is 0 Å². The van der Waals surface area contributed by atoms with Crippen molar-refractivity contribution in [3.63, 3.8) is 0 Å². The molecule has 160 valence electrons. The highest BCUT2D eigenvalue weighted by Crippen LogP contribution is 2.02. The highest BCUT2D eigenvalue weighted by atomic mass is 31.0. The lowest BCUT2D eigenvalue weighted by molar-refractivity contribution is 1.14. The zero-order valence-corrected chi connectivity index (χ0v) is 21.4. The summed E-state index contributed by atoms with van der Waals surface area (Å²) >= 11 is 0. The van der Waals surface area contributed by atoms with E-state index in [1.165, 1.54) is 33.1 Å². The van der Waals surface area contributed by atoms with Crippen molar-refractivity contribution < 1.29 is 0 Å². The Bertz CT molecular complexity index is 707. The third kappa shape index (κ3) is 15.7. The first kappa shape index (κ1) is 29.3. The van der Waals surface area contributed by atoms with Crippen LogP contribution in [0.1, 0.15) is 62.4 Å². The van der Waals surface area contributed by atoms with Crippen molar-refractivity contribution in [3.05, 3.63) is 101 Å². The van der Waals surface area contributed by atoms with Gasteiger partial charge in [0.15, 0.2) is 0 Å². The van der Waals surface area contributed by atoms with Crippen molar-refractivity contribution in [3.8, 4) is 0 Å². The molecule has 1 heteroatoms. The van der Waals surface area contributed by atoms with E-state index in [1.54, 1.807) is 0 Å². The molecule has 0 radical (unpaired) electrons. The Hall–Kier alpha value is -1.91. The molecule has 0 saturated heterocycles. The van der Waals surface area contributed by atoms with Crippen LogP contribution in [0.3, 0.4) is 0 Å². The van der Waals surface area contributed by atoms with Gasteiger partial charge in [0.05, 0.1) is 0 Å². The van der Waals surface area contributed by atoms with Crippen molar-refractivity contribution >= 4 is 14.5 Å². The number of hydrogen-bond acceptors (Lipinski definition) is 0.